The van der Waals surface area contributed by atoms with Crippen LogP contribution in [0.4, 0.5) is 0 Å². The van der Waals surface area contributed by atoms with E-state index in [2.05, 4.69) is 11.0 Å². The number of carboxylic acid groups (broad SMARTS) is 2. The second kappa shape index (κ2) is 8.51. The van der Waals surface area contributed by atoms with Crippen LogP contribution in [0.2, 0.25) is 0 Å². The lowest BCUT2D eigenvalue weighted by atomic mass is 9.62. The zero-order chi connectivity index (χ0) is 20.2. The maximum atomic E-state index is 10.7. The lowest BCUT2D eigenvalue weighted by Gasteiger charge is -2.53. The van der Waals surface area contributed by atoms with E-state index in [-0.39, 0.29) is 12.6 Å². The highest BCUT2D eigenvalue weighted by molar-refractivity contribution is 5.89. The van der Waals surface area contributed by atoms with Crippen molar-refractivity contribution in [2.75, 3.05) is 27.3 Å². The number of aliphatic hydroxyl groups is 2. The number of fused-ring (bicyclic) bond motifs is 4. The minimum Gasteiger partial charge on any atom is -0.497 e. The number of aliphatic carboxylic acids is 2. The molecule has 1 heterocycles. The number of methoxy groups -OCH3 is 1. The number of ether oxygens (including phenoxy) is 1. The number of likely N-dealkylation sites (N-methyl/N-ethyl adjacent to an activating group) is 1. The summed E-state index contributed by atoms with van der Waals surface area (Å²) in [6.45, 7) is 0.887. The molecule has 1 fully saturated rings. The van der Waals surface area contributed by atoms with Gasteiger partial charge in [-0.2, -0.15) is 0 Å². The molecule has 1 aromatic rings. The predicted molar refractivity (Wildman–Crippen MR) is 96.9 cm³/mol. The third kappa shape index (κ3) is 4.29. The third-order valence-corrected chi connectivity index (χ3v) is 5.34. The maximum Gasteiger partial charge on any atom is 0.328 e. The van der Waals surface area contributed by atoms with Crippen molar-refractivity contribution < 1.29 is 34.8 Å². The monoisotopic (exact) mass is 379 g/mol. The van der Waals surface area contributed by atoms with Gasteiger partial charge in [0.1, 0.15) is 5.75 Å². The molecule has 1 aliphatic carbocycles. The van der Waals surface area contributed by atoms with Gasteiger partial charge in [0.2, 0.25) is 0 Å². The first kappa shape index (κ1) is 20.9. The molecule has 3 unspecified atom stereocenters. The number of benzene rings is 1. The summed E-state index contributed by atoms with van der Waals surface area (Å²) < 4.78 is 5.29. The number of piperidine rings is 1. The summed E-state index contributed by atoms with van der Waals surface area (Å²) >= 11 is 0. The molecule has 27 heavy (non-hydrogen) atoms. The number of carboxylic acids is 2. The Bertz CT molecular complexity index is 717. The SMILES string of the molecule is COc1ccc2c(c1)C1(CO)CCN(C)C(C2)C1O.O=C(O)/C=C/C(=O)O. The zero-order valence-electron chi connectivity index (χ0n) is 15.3. The van der Waals surface area contributed by atoms with Gasteiger partial charge in [0, 0.05) is 23.6 Å². The van der Waals surface area contributed by atoms with E-state index >= 15 is 0 Å². The molecule has 1 aliphatic heterocycles. The molecule has 2 bridgehead atoms. The number of hydrogen-bond donors (Lipinski definition) is 4. The van der Waals surface area contributed by atoms with Gasteiger partial charge in [0.25, 0.3) is 0 Å². The van der Waals surface area contributed by atoms with Crippen molar-refractivity contribution in [3.63, 3.8) is 0 Å². The molecule has 2 aliphatic rings. The van der Waals surface area contributed by atoms with Crippen LogP contribution < -0.4 is 4.74 Å². The van der Waals surface area contributed by atoms with Gasteiger partial charge in [-0.1, -0.05) is 6.07 Å². The first-order chi connectivity index (χ1) is 12.7. The summed E-state index contributed by atoms with van der Waals surface area (Å²) in [7, 11) is 3.69. The Morgan fingerprint density at radius 3 is 2.44 bits per heavy atom. The molecule has 0 aromatic heterocycles. The van der Waals surface area contributed by atoms with Crippen molar-refractivity contribution in [3.8, 4) is 5.75 Å². The quantitative estimate of drug-likeness (QED) is 0.549. The number of rotatable bonds is 4. The van der Waals surface area contributed by atoms with Crippen molar-refractivity contribution in [1.29, 1.82) is 0 Å². The van der Waals surface area contributed by atoms with E-state index in [9.17, 15) is 19.8 Å². The molecule has 4 N–H and O–H groups in total. The van der Waals surface area contributed by atoms with Crippen LogP contribution >= 0.6 is 0 Å². The van der Waals surface area contributed by atoms with E-state index in [1.165, 1.54) is 5.56 Å². The largest absolute Gasteiger partial charge is 0.497 e. The second-order valence-electron chi connectivity index (χ2n) is 6.79. The number of likely N-dealkylation sites (tertiary alicyclic amines) is 1. The lowest BCUT2D eigenvalue weighted by molar-refractivity contribution is -0.134. The van der Waals surface area contributed by atoms with Gasteiger partial charge in [0.05, 0.1) is 19.8 Å². The number of nitrogens with zero attached hydrogens (tertiary/aromatic N) is 1. The summed E-state index contributed by atoms with van der Waals surface area (Å²) in [6, 6.07) is 6.10. The first-order valence-corrected chi connectivity index (χ1v) is 8.55. The fraction of sp³-hybridized carbons (Fsp3) is 0.474. The molecule has 0 spiro atoms. The smallest absolute Gasteiger partial charge is 0.328 e. The van der Waals surface area contributed by atoms with Gasteiger partial charge in [-0.25, -0.2) is 9.59 Å². The summed E-state index contributed by atoms with van der Waals surface area (Å²) in [5.74, 6) is -1.73. The molecule has 0 radical (unpaired) electrons. The molecule has 8 nitrogen and oxygen atoms in total. The Morgan fingerprint density at radius 1 is 1.30 bits per heavy atom. The maximum absolute atomic E-state index is 10.7. The van der Waals surface area contributed by atoms with Crippen LogP contribution in [-0.4, -0.2) is 76.7 Å². The highest BCUT2D eigenvalue weighted by Crippen LogP contribution is 2.45. The molecule has 1 saturated heterocycles. The first-order valence-electron chi connectivity index (χ1n) is 8.55. The van der Waals surface area contributed by atoms with E-state index < -0.39 is 23.5 Å². The normalized spacial score (nSPS) is 26.7. The van der Waals surface area contributed by atoms with Gasteiger partial charge in [-0.15, -0.1) is 0 Å². The summed E-state index contributed by atoms with van der Waals surface area (Å²) in [6.07, 6.45) is 2.21. The number of hydrogen-bond acceptors (Lipinski definition) is 6. The van der Waals surface area contributed by atoms with E-state index in [1.54, 1.807) is 7.11 Å². The standard InChI is InChI=1S/C15H21NO3.C4H4O4/c1-16-6-5-15(9-17)12-8-11(19-2)4-3-10(12)7-13(16)14(15)18;5-3(6)1-2-4(7)8/h3-4,8,13-14,17-18H,5-7,9H2,1-2H3;1-2H,(H,5,6)(H,7,8)/b;2-1+. The van der Waals surface area contributed by atoms with Crippen LogP contribution in [-0.2, 0) is 21.4 Å². The van der Waals surface area contributed by atoms with Crippen molar-refractivity contribution in [2.45, 2.75) is 30.4 Å². The lowest BCUT2D eigenvalue weighted by Crippen LogP contribution is -2.63. The molecule has 148 valence electrons. The van der Waals surface area contributed by atoms with Gasteiger partial charge >= 0.3 is 11.9 Å². The second-order valence-corrected chi connectivity index (χ2v) is 6.79. The van der Waals surface area contributed by atoms with E-state index in [1.807, 2.05) is 19.2 Å². The van der Waals surface area contributed by atoms with Crippen molar-refractivity contribution in [1.82, 2.24) is 4.90 Å². The molecule has 0 saturated carbocycles. The Kier molecular flexibility index (Phi) is 6.59. The molecule has 1 aromatic carbocycles. The van der Waals surface area contributed by atoms with Gasteiger partial charge in [0.15, 0.2) is 0 Å². The van der Waals surface area contributed by atoms with Crippen LogP contribution in [0.3, 0.4) is 0 Å². The Hall–Kier alpha value is -2.42. The minimum absolute atomic E-state index is 0.0152. The topological polar surface area (TPSA) is 128 Å². The molecule has 8 heteroatoms. The summed E-state index contributed by atoms with van der Waals surface area (Å²) in [5, 5.41) is 36.2. The Morgan fingerprint density at radius 2 is 1.93 bits per heavy atom. The summed E-state index contributed by atoms with van der Waals surface area (Å²) in [4.78, 5) is 21.3. The van der Waals surface area contributed by atoms with E-state index in [0.717, 1.165) is 30.7 Å². The fourth-order valence-corrected chi connectivity index (χ4v) is 3.81. The average molecular weight is 379 g/mol. The van der Waals surface area contributed by atoms with Gasteiger partial charge < -0.3 is 30.1 Å². The molecule has 0 amide bonds. The van der Waals surface area contributed by atoms with Gasteiger partial charge in [-0.3, -0.25) is 0 Å². The fourth-order valence-electron chi connectivity index (χ4n) is 3.81. The van der Waals surface area contributed by atoms with Crippen LogP contribution in [0.1, 0.15) is 17.5 Å². The van der Waals surface area contributed by atoms with Crippen LogP contribution in [0, 0.1) is 0 Å². The molecular formula is C19H25NO7. The van der Waals surface area contributed by atoms with Crippen molar-refractivity contribution >= 4 is 11.9 Å². The van der Waals surface area contributed by atoms with Crippen LogP contribution in [0.25, 0.3) is 0 Å². The van der Waals surface area contributed by atoms with E-state index in [4.69, 9.17) is 14.9 Å². The van der Waals surface area contributed by atoms with Gasteiger partial charge in [-0.05, 0) is 49.7 Å². The Labute approximate surface area is 157 Å². The predicted octanol–water partition coefficient (Wildman–Crippen LogP) is 0.258. The number of aliphatic hydroxyl groups excluding tert-OH is 2. The molecule has 3 rings (SSSR count). The molecule has 3 atom stereocenters. The number of carbonyl (C=O) groups is 2. The highest BCUT2D eigenvalue weighted by Gasteiger charge is 2.51. The third-order valence-electron chi connectivity index (χ3n) is 5.34. The molecular weight excluding hydrogens is 354 g/mol. The van der Waals surface area contributed by atoms with Crippen LogP contribution in [0.5, 0.6) is 5.75 Å². The zero-order valence-corrected chi connectivity index (χ0v) is 15.3. The average Bonchev–Trinajstić information content (AvgIpc) is 2.64. The van der Waals surface area contributed by atoms with Crippen molar-refractivity contribution in [3.05, 3.63) is 41.5 Å². The van der Waals surface area contributed by atoms with Crippen molar-refractivity contribution in [2.24, 2.45) is 0 Å². The van der Waals surface area contributed by atoms with E-state index in [0.29, 0.717) is 12.2 Å². The Balaban J connectivity index is 0.000000279. The summed E-state index contributed by atoms with van der Waals surface area (Å²) in [5.41, 5.74) is 1.75. The van der Waals surface area contributed by atoms with Crippen LogP contribution in [0.15, 0.2) is 30.4 Å². The highest BCUT2D eigenvalue weighted by atomic mass is 16.5. The minimum atomic E-state index is -1.26.